The summed E-state index contributed by atoms with van der Waals surface area (Å²) in [4.78, 5) is 25.1. The molecule has 0 spiro atoms. The average Bonchev–Trinajstić information content (AvgIpc) is 3.07. The molecule has 0 amide bonds. The average molecular weight is 639 g/mol. The Hall–Kier alpha value is -3.36. The molecule has 0 fully saturated rings. The summed E-state index contributed by atoms with van der Waals surface area (Å²) < 4.78 is 36.3. The molecule has 46 heavy (non-hydrogen) atoms. The maximum absolute atomic E-state index is 12.5. The van der Waals surface area contributed by atoms with E-state index in [0.29, 0.717) is 37.6 Å². The van der Waals surface area contributed by atoms with Gasteiger partial charge in [-0.2, -0.15) is 0 Å². The van der Waals surface area contributed by atoms with Gasteiger partial charge in [0.15, 0.2) is 12.2 Å². The second kappa shape index (κ2) is 21.4. The molecule has 3 aromatic carbocycles. The van der Waals surface area contributed by atoms with E-state index < -0.39 is 12.2 Å². The van der Waals surface area contributed by atoms with Gasteiger partial charge in [-0.25, -0.2) is 0 Å². The van der Waals surface area contributed by atoms with E-state index in [1.54, 1.807) is 0 Å². The zero-order chi connectivity index (χ0) is 33.0. The van der Waals surface area contributed by atoms with Crippen molar-refractivity contribution in [3.8, 4) is 11.5 Å². The topological polar surface area (TPSA) is 89.5 Å². The monoisotopic (exact) mass is 638 g/mol. The largest absolute Gasteiger partial charge is 0.488 e. The van der Waals surface area contributed by atoms with Gasteiger partial charge in [0.1, 0.15) is 24.7 Å². The molecule has 0 N–H and O–H groups in total. The van der Waals surface area contributed by atoms with E-state index in [9.17, 15) is 9.59 Å². The van der Waals surface area contributed by atoms with Crippen LogP contribution in [0.3, 0.4) is 0 Å². The number of hydrogen-bond donors (Lipinski definition) is 0. The Labute approximate surface area is 275 Å². The fourth-order valence-electron chi connectivity index (χ4n) is 5.00. The molecule has 0 aliphatic rings. The van der Waals surface area contributed by atoms with Gasteiger partial charge in [0.25, 0.3) is 0 Å². The molecular weight excluding hydrogens is 584 g/mol. The number of esters is 2. The van der Waals surface area contributed by atoms with E-state index >= 15 is 0 Å². The van der Waals surface area contributed by atoms with Crippen LogP contribution in [0.1, 0.15) is 91.9 Å². The van der Waals surface area contributed by atoms with Crippen molar-refractivity contribution in [2.24, 2.45) is 0 Å². The van der Waals surface area contributed by atoms with Crippen LogP contribution in [-0.2, 0) is 28.5 Å². The summed E-state index contributed by atoms with van der Waals surface area (Å²) in [7, 11) is 0. The number of carbonyl (C=O) groups is 2. The van der Waals surface area contributed by atoms with Crippen LogP contribution >= 0.6 is 0 Å². The maximum atomic E-state index is 12.5. The number of benzene rings is 3. The van der Waals surface area contributed by atoms with Gasteiger partial charge >= 0.3 is 11.9 Å². The van der Waals surface area contributed by atoms with Crippen LogP contribution in [0.15, 0.2) is 48.5 Å². The lowest BCUT2D eigenvalue weighted by Gasteiger charge is -2.23. The molecule has 0 aliphatic carbocycles. The van der Waals surface area contributed by atoms with E-state index in [0.717, 1.165) is 72.9 Å². The fraction of sp³-hybridized carbons (Fsp3) is 0.579. The van der Waals surface area contributed by atoms with Crippen LogP contribution in [0.5, 0.6) is 11.5 Å². The number of ether oxygens (including phenoxy) is 6. The minimum Gasteiger partial charge on any atom is -0.488 e. The van der Waals surface area contributed by atoms with Gasteiger partial charge in [0, 0.05) is 47.6 Å². The Balaban J connectivity index is 1.87. The molecule has 3 aromatic rings. The Kier molecular flexibility index (Phi) is 17.3. The normalized spacial score (nSPS) is 12.6. The van der Waals surface area contributed by atoms with Crippen molar-refractivity contribution in [3.63, 3.8) is 0 Å². The molecule has 0 aromatic heterocycles. The molecule has 254 valence electrons. The second-order valence-electron chi connectivity index (χ2n) is 11.7. The standard InChI is InChI=1S/C38H54O8/c1-5-9-21-35(39)45-29(25-41-23-11-7-3)27-43-37-31-17-13-15-19-33(31)38(34-20-16-14-18-32(34)37)44-28-30(26-42-24-12-8-4)46-36(40)22-10-6-2/h13-20,29-30H,5-12,21-28H2,1-4H3. The third-order valence-electron chi connectivity index (χ3n) is 7.62. The molecule has 0 bridgehead atoms. The highest BCUT2D eigenvalue weighted by Gasteiger charge is 2.22. The van der Waals surface area contributed by atoms with Crippen molar-refractivity contribution in [1.82, 2.24) is 0 Å². The number of rotatable bonds is 24. The summed E-state index contributed by atoms with van der Waals surface area (Å²) >= 11 is 0. The number of unbranched alkanes of at least 4 members (excludes halogenated alkanes) is 4. The van der Waals surface area contributed by atoms with Crippen molar-refractivity contribution >= 4 is 33.5 Å². The van der Waals surface area contributed by atoms with E-state index in [-0.39, 0.29) is 38.4 Å². The van der Waals surface area contributed by atoms with Crippen molar-refractivity contribution in [3.05, 3.63) is 48.5 Å². The first-order valence-corrected chi connectivity index (χ1v) is 17.3. The first-order chi connectivity index (χ1) is 22.5. The summed E-state index contributed by atoms with van der Waals surface area (Å²) in [5.41, 5.74) is 0. The highest BCUT2D eigenvalue weighted by Crippen LogP contribution is 2.42. The molecule has 2 unspecified atom stereocenters. The first-order valence-electron chi connectivity index (χ1n) is 17.3. The summed E-state index contributed by atoms with van der Waals surface area (Å²) in [6.07, 6.45) is 7.01. The van der Waals surface area contributed by atoms with Gasteiger partial charge in [-0.1, -0.05) is 102 Å². The molecule has 0 saturated carbocycles. The Bertz CT molecular complexity index is 1170. The molecule has 2 atom stereocenters. The smallest absolute Gasteiger partial charge is 0.306 e. The lowest BCUT2D eigenvalue weighted by molar-refractivity contribution is -0.155. The van der Waals surface area contributed by atoms with Crippen LogP contribution in [0.25, 0.3) is 21.5 Å². The summed E-state index contributed by atoms with van der Waals surface area (Å²) in [5.74, 6) is 0.896. The van der Waals surface area contributed by atoms with Gasteiger partial charge < -0.3 is 28.4 Å². The molecule has 0 aliphatic heterocycles. The molecule has 0 radical (unpaired) electrons. The van der Waals surface area contributed by atoms with Crippen LogP contribution in [0.2, 0.25) is 0 Å². The van der Waals surface area contributed by atoms with E-state index in [1.807, 2.05) is 62.4 Å². The Morgan fingerprint density at radius 2 is 0.870 bits per heavy atom. The van der Waals surface area contributed by atoms with Crippen LogP contribution in [0.4, 0.5) is 0 Å². The Morgan fingerprint density at radius 1 is 0.522 bits per heavy atom. The summed E-state index contributed by atoms with van der Waals surface area (Å²) in [6.45, 7) is 10.4. The number of fused-ring (bicyclic) bond motifs is 2. The third-order valence-corrected chi connectivity index (χ3v) is 7.62. The van der Waals surface area contributed by atoms with Gasteiger partial charge in [-0.15, -0.1) is 0 Å². The van der Waals surface area contributed by atoms with E-state index in [1.165, 1.54) is 0 Å². The quantitative estimate of drug-likeness (QED) is 0.0548. The van der Waals surface area contributed by atoms with Crippen molar-refractivity contribution in [2.45, 2.75) is 104 Å². The Morgan fingerprint density at radius 3 is 1.20 bits per heavy atom. The van der Waals surface area contributed by atoms with Gasteiger partial charge in [-0.3, -0.25) is 9.59 Å². The van der Waals surface area contributed by atoms with Gasteiger partial charge in [0.2, 0.25) is 0 Å². The lowest BCUT2D eigenvalue weighted by atomic mass is 10.0. The van der Waals surface area contributed by atoms with E-state index in [4.69, 9.17) is 28.4 Å². The predicted molar refractivity (Wildman–Crippen MR) is 183 cm³/mol. The molecule has 0 heterocycles. The summed E-state index contributed by atoms with van der Waals surface area (Å²) in [5, 5.41) is 3.48. The molecule has 3 rings (SSSR count). The fourth-order valence-corrected chi connectivity index (χ4v) is 5.00. The number of carbonyl (C=O) groups excluding carboxylic acids is 2. The molecule has 0 saturated heterocycles. The number of hydrogen-bond acceptors (Lipinski definition) is 8. The summed E-state index contributed by atoms with van der Waals surface area (Å²) in [6, 6.07) is 15.8. The first kappa shape index (κ1) is 37.1. The minimum atomic E-state index is -0.537. The van der Waals surface area contributed by atoms with Crippen LogP contribution < -0.4 is 9.47 Å². The van der Waals surface area contributed by atoms with Crippen molar-refractivity contribution in [1.29, 1.82) is 0 Å². The second-order valence-corrected chi connectivity index (χ2v) is 11.7. The molecule has 8 heteroatoms. The molecule has 8 nitrogen and oxygen atoms in total. The van der Waals surface area contributed by atoms with Crippen molar-refractivity contribution in [2.75, 3.05) is 39.6 Å². The zero-order valence-corrected chi connectivity index (χ0v) is 28.4. The van der Waals surface area contributed by atoms with Crippen LogP contribution in [-0.4, -0.2) is 63.8 Å². The van der Waals surface area contributed by atoms with Crippen molar-refractivity contribution < 1.29 is 38.0 Å². The lowest BCUT2D eigenvalue weighted by Crippen LogP contribution is -2.30. The minimum absolute atomic E-state index is 0.156. The molecular formula is C38H54O8. The third kappa shape index (κ3) is 12.1. The maximum Gasteiger partial charge on any atom is 0.306 e. The highest BCUT2D eigenvalue weighted by atomic mass is 16.6. The van der Waals surface area contributed by atoms with E-state index in [2.05, 4.69) is 13.8 Å². The highest BCUT2D eigenvalue weighted by molar-refractivity contribution is 6.11. The van der Waals surface area contributed by atoms with Crippen LogP contribution in [0, 0.1) is 0 Å². The SMILES string of the molecule is CCCCOCC(COc1c2ccccc2c(OCC(COCCCC)OC(=O)CCCC)c2ccccc12)OC(=O)CCCC. The van der Waals surface area contributed by atoms with Gasteiger partial charge in [0.05, 0.1) is 13.2 Å². The zero-order valence-electron chi connectivity index (χ0n) is 28.4. The van der Waals surface area contributed by atoms with Gasteiger partial charge in [-0.05, 0) is 25.7 Å². The predicted octanol–water partition coefficient (Wildman–Crippen LogP) is 8.59.